The van der Waals surface area contributed by atoms with Gasteiger partial charge in [0.05, 0.1) is 10.6 Å². The Hall–Kier alpha value is -1.59. The van der Waals surface area contributed by atoms with Crippen LogP contribution in [0, 0.1) is 10.8 Å². The van der Waals surface area contributed by atoms with Gasteiger partial charge in [-0.15, -0.1) is 0 Å². The molecule has 6 heteroatoms. The van der Waals surface area contributed by atoms with Gasteiger partial charge in [-0.3, -0.25) is 9.59 Å². The van der Waals surface area contributed by atoms with Gasteiger partial charge in [-0.05, 0) is 35.4 Å². The SMILES string of the molecule is CC(C)(C)CC(=O)Nc1ccc(Cl)c(C(=O)N2CCC(N)C(C)(C)C2)c1. The molecular weight excluding hydrogens is 350 g/mol. The summed E-state index contributed by atoms with van der Waals surface area (Å²) in [4.78, 5) is 26.9. The summed E-state index contributed by atoms with van der Waals surface area (Å²) in [5.74, 6) is -0.204. The van der Waals surface area contributed by atoms with E-state index in [9.17, 15) is 9.59 Å². The third-order valence-corrected chi connectivity index (χ3v) is 5.10. The zero-order valence-corrected chi connectivity index (χ0v) is 17.1. The van der Waals surface area contributed by atoms with Crippen LogP contribution in [0.15, 0.2) is 18.2 Å². The summed E-state index contributed by atoms with van der Waals surface area (Å²) in [5.41, 5.74) is 6.91. The number of piperidine rings is 1. The Balaban J connectivity index is 2.16. The largest absolute Gasteiger partial charge is 0.338 e. The fourth-order valence-electron chi connectivity index (χ4n) is 3.17. The zero-order valence-electron chi connectivity index (χ0n) is 16.4. The number of nitrogens with zero attached hydrogens (tertiary/aromatic N) is 1. The van der Waals surface area contributed by atoms with Gasteiger partial charge in [0.15, 0.2) is 0 Å². The van der Waals surface area contributed by atoms with Crippen LogP contribution in [0.3, 0.4) is 0 Å². The van der Waals surface area contributed by atoms with E-state index in [1.165, 1.54) is 0 Å². The van der Waals surface area contributed by atoms with E-state index in [1.807, 2.05) is 20.8 Å². The van der Waals surface area contributed by atoms with Crippen LogP contribution < -0.4 is 11.1 Å². The number of nitrogens with two attached hydrogens (primary N) is 1. The molecule has 1 aliphatic rings. The Labute approximate surface area is 161 Å². The molecule has 0 spiro atoms. The lowest BCUT2D eigenvalue weighted by Gasteiger charge is -2.42. The summed E-state index contributed by atoms with van der Waals surface area (Å²) in [6.45, 7) is 11.4. The molecule has 1 saturated heterocycles. The van der Waals surface area contributed by atoms with E-state index in [-0.39, 0.29) is 28.7 Å². The summed E-state index contributed by atoms with van der Waals surface area (Å²) in [7, 11) is 0. The van der Waals surface area contributed by atoms with E-state index in [0.29, 0.717) is 35.8 Å². The van der Waals surface area contributed by atoms with Crippen LogP contribution in [0.25, 0.3) is 0 Å². The van der Waals surface area contributed by atoms with E-state index in [1.54, 1.807) is 23.1 Å². The molecule has 0 bridgehead atoms. The van der Waals surface area contributed by atoms with Gasteiger partial charge < -0.3 is 16.0 Å². The van der Waals surface area contributed by atoms with Crippen molar-refractivity contribution in [3.8, 4) is 0 Å². The fourth-order valence-corrected chi connectivity index (χ4v) is 3.37. The van der Waals surface area contributed by atoms with Crippen molar-refractivity contribution in [1.29, 1.82) is 0 Å². The number of halogens is 1. The van der Waals surface area contributed by atoms with Crippen molar-refractivity contribution >= 4 is 29.1 Å². The number of anilines is 1. The molecule has 3 N–H and O–H groups in total. The maximum Gasteiger partial charge on any atom is 0.255 e. The first-order valence-electron chi connectivity index (χ1n) is 9.03. The normalized spacial score (nSPS) is 20.0. The zero-order chi connectivity index (χ0) is 19.7. The molecule has 1 fully saturated rings. The molecular formula is C20H30ClN3O2. The minimum atomic E-state index is -0.140. The average Bonchev–Trinajstić information content (AvgIpc) is 2.49. The van der Waals surface area contributed by atoms with Crippen LogP contribution in [0.4, 0.5) is 5.69 Å². The number of hydrogen-bond donors (Lipinski definition) is 2. The number of carbonyl (C=O) groups excluding carboxylic acids is 2. The monoisotopic (exact) mass is 379 g/mol. The number of benzene rings is 1. The topological polar surface area (TPSA) is 75.4 Å². The summed E-state index contributed by atoms with van der Waals surface area (Å²) in [6, 6.07) is 5.11. The van der Waals surface area contributed by atoms with Crippen molar-refractivity contribution in [1.82, 2.24) is 4.90 Å². The second-order valence-corrected chi connectivity index (χ2v) is 9.50. The number of likely N-dealkylation sites (tertiary alicyclic amines) is 1. The van der Waals surface area contributed by atoms with Crippen LogP contribution >= 0.6 is 11.6 Å². The molecule has 1 heterocycles. The first kappa shape index (κ1) is 20.7. The van der Waals surface area contributed by atoms with Gasteiger partial charge in [-0.2, -0.15) is 0 Å². The summed E-state index contributed by atoms with van der Waals surface area (Å²) in [5, 5.41) is 3.24. The van der Waals surface area contributed by atoms with Gasteiger partial charge in [0, 0.05) is 31.2 Å². The minimum absolute atomic E-state index is 0.0741. The van der Waals surface area contributed by atoms with Crippen molar-refractivity contribution < 1.29 is 9.59 Å². The Morgan fingerprint density at radius 2 is 2.00 bits per heavy atom. The van der Waals surface area contributed by atoms with Crippen molar-refractivity contribution in [3.63, 3.8) is 0 Å². The Bertz CT molecular complexity index is 695. The quantitative estimate of drug-likeness (QED) is 0.835. The maximum atomic E-state index is 13.0. The van der Waals surface area contributed by atoms with Crippen molar-refractivity contribution in [3.05, 3.63) is 28.8 Å². The highest BCUT2D eigenvalue weighted by Gasteiger charge is 2.36. The number of nitrogens with one attached hydrogen (secondary N) is 1. The van der Waals surface area contributed by atoms with E-state index in [2.05, 4.69) is 19.2 Å². The highest BCUT2D eigenvalue weighted by molar-refractivity contribution is 6.34. The van der Waals surface area contributed by atoms with Crippen LogP contribution in [0.2, 0.25) is 5.02 Å². The number of carbonyl (C=O) groups is 2. The van der Waals surface area contributed by atoms with Crippen molar-refractivity contribution in [2.75, 3.05) is 18.4 Å². The number of amides is 2. The first-order valence-corrected chi connectivity index (χ1v) is 9.41. The van der Waals surface area contributed by atoms with Crippen molar-refractivity contribution in [2.45, 2.75) is 53.5 Å². The summed E-state index contributed by atoms with van der Waals surface area (Å²) in [6.07, 6.45) is 1.16. The van der Waals surface area contributed by atoms with Gasteiger partial charge in [0.25, 0.3) is 5.91 Å². The third-order valence-electron chi connectivity index (χ3n) is 4.77. The number of rotatable bonds is 3. The Kier molecular flexibility index (Phi) is 6.03. The molecule has 2 rings (SSSR count). The molecule has 1 aliphatic heterocycles. The van der Waals surface area contributed by atoms with Gasteiger partial charge in [-0.1, -0.05) is 46.2 Å². The van der Waals surface area contributed by atoms with Gasteiger partial charge in [0.2, 0.25) is 5.91 Å². The van der Waals surface area contributed by atoms with Gasteiger partial charge in [0.1, 0.15) is 0 Å². The summed E-state index contributed by atoms with van der Waals surface area (Å²) < 4.78 is 0. The minimum Gasteiger partial charge on any atom is -0.338 e. The van der Waals surface area contributed by atoms with E-state index < -0.39 is 0 Å². The molecule has 1 atom stereocenters. The predicted molar refractivity (Wildman–Crippen MR) is 106 cm³/mol. The lowest BCUT2D eigenvalue weighted by atomic mass is 9.79. The molecule has 1 aromatic carbocycles. The fraction of sp³-hybridized carbons (Fsp3) is 0.600. The molecule has 0 aromatic heterocycles. The van der Waals surface area contributed by atoms with Crippen LogP contribution in [0.5, 0.6) is 0 Å². The average molecular weight is 380 g/mol. The molecule has 0 aliphatic carbocycles. The lowest BCUT2D eigenvalue weighted by Crippen LogP contribution is -2.54. The van der Waals surface area contributed by atoms with Crippen LogP contribution in [0.1, 0.15) is 57.8 Å². The molecule has 0 saturated carbocycles. The third kappa shape index (κ3) is 5.21. The van der Waals surface area contributed by atoms with E-state index in [4.69, 9.17) is 17.3 Å². The standard InChI is InChI=1S/C20H30ClN3O2/c1-19(2,3)11-17(25)23-13-6-7-15(21)14(10-13)18(26)24-9-8-16(22)20(4,5)12-24/h6-7,10,16H,8-9,11-12,22H2,1-5H3,(H,23,25). The molecule has 144 valence electrons. The van der Waals surface area contributed by atoms with E-state index in [0.717, 1.165) is 6.42 Å². The first-order chi connectivity index (χ1) is 11.9. The maximum absolute atomic E-state index is 13.0. The molecule has 0 radical (unpaired) electrons. The van der Waals surface area contributed by atoms with Crippen LogP contribution in [-0.2, 0) is 4.79 Å². The van der Waals surface area contributed by atoms with Gasteiger partial charge >= 0.3 is 0 Å². The highest BCUT2D eigenvalue weighted by Crippen LogP contribution is 2.30. The second-order valence-electron chi connectivity index (χ2n) is 9.09. The van der Waals surface area contributed by atoms with Gasteiger partial charge in [-0.25, -0.2) is 0 Å². The Morgan fingerprint density at radius 3 is 2.58 bits per heavy atom. The predicted octanol–water partition coefficient (Wildman–Crippen LogP) is 3.91. The highest BCUT2D eigenvalue weighted by atomic mass is 35.5. The van der Waals surface area contributed by atoms with E-state index >= 15 is 0 Å². The molecule has 2 amide bonds. The number of hydrogen-bond acceptors (Lipinski definition) is 3. The van der Waals surface area contributed by atoms with Crippen molar-refractivity contribution in [2.24, 2.45) is 16.6 Å². The smallest absolute Gasteiger partial charge is 0.255 e. The molecule has 5 nitrogen and oxygen atoms in total. The molecule has 1 unspecified atom stereocenters. The molecule has 26 heavy (non-hydrogen) atoms. The second kappa shape index (κ2) is 7.57. The summed E-state index contributed by atoms with van der Waals surface area (Å²) >= 11 is 6.27. The van der Waals surface area contributed by atoms with Crippen LogP contribution in [-0.4, -0.2) is 35.8 Å². The Morgan fingerprint density at radius 1 is 1.35 bits per heavy atom. The molecule has 1 aromatic rings. The lowest BCUT2D eigenvalue weighted by molar-refractivity contribution is -0.117.